The van der Waals surface area contributed by atoms with Crippen LogP contribution in [0.25, 0.3) is 0 Å². The maximum atomic E-state index is 14.0. The summed E-state index contributed by atoms with van der Waals surface area (Å²) < 4.78 is 17.3. The highest BCUT2D eigenvalue weighted by Gasteiger charge is 2.61. The number of ether oxygens (including phenoxy) is 2. The van der Waals surface area contributed by atoms with Gasteiger partial charge in [0.15, 0.2) is 8.32 Å². The van der Waals surface area contributed by atoms with Crippen LogP contribution in [-0.2, 0) is 30.1 Å². The predicted molar refractivity (Wildman–Crippen MR) is 152 cm³/mol. The standard InChI is InChI=1S/C29H46N2O8Si/c1-28(2,3)39-26(35)22-19-16-21(24(33)23(19)32)31(22)25(34)20(14-15-38-40(7,8)29(4,5)6)30-27(36)37-17-18-12-10-9-11-13-18/h9-13,19-24,32-33H,14-17H2,1-8H3,(H,30,36)/t19-,20-,21-,22-,23-,24+/m0/s1. The van der Waals surface area contributed by atoms with Gasteiger partial charge in [-0.25, -0.2) is 9.59 Å². The molecule has 1 heterocycles. The predicted octanol–water partition coefficient (Wildman–Crippen LogP) is 3.36. The zero-order valence-corrected chi connectivity index (χ0v) is 26.0. The van der Waals surface area contributed by atoms with Crippen molar-refractivity contribution in [3.05, 3.63) is 35.9 Å². The monoisotopic (exact) mass is 578 g/mol. The van der Waals surface area contributed by atoms with Gasteiger partial charge in [0.2, 0.25) is 5.91 Å². The van der Waals surface area contributed by atoms with Crippen LogP contribution in [0.15, 0.2) is 30.3 Å². The van der Waals surface area contributed by atoms with E-state index in [1.165, 1.54) is 4.90 Å². The molecule has 1 aliphatic heterocycles. The van der Waals surface area contributed by atoms with Crippen LogP contribution < -0.4 is 5.32 Å². The van der Waals surface area contributed by atoms with Crippen molar-refractivity contribution in [3.8, 4) is 0 Å². The zero-order chi connectivity index (χ0) is 30.0. The van der Waals surface area contributed by atoms with E-state index in [-0.39, 0.29) is 31.1 Å². The molecule has 11 heteroatoms. The number of rotatable bonds is 9. The maximum Gasteiger partial charge on any atom is 0.408 e. The molecule has 0 unspecified atom stereocenters. The fourth-order valence-corrected chi connectivity index (χ4v) is 6.05. The molecular weight excluding hydrogens is 532 g/mol. The second-order valence-electron chi connectivity index (χ2n) is 13.3. The van der Waals surface area contributed by atoms with Gasteiger partial charge in [-0.1, -0.05) is 51.1 Å². The summed E-state index contributed by atoms with van der Waals surface area (Å²) in [6, 6.07) is 6.22. The summed E-state index contributed by atoms with van der Waals surface area (Å²) in [4.78, 5) is 41.4. The number of nitrogens with zero attached hydrogens (tertiary/aromatic N) is 1. The van der Waals surface area contributed by atoms with E-state index < -0.39 is 68.1 Å². The van der Waals surface area contributed by atoms with Gasteiger partial charge in [-0.2, -0.15) is 0 Å². The van der Waals surface area contributed by atoms with Crippen molar-refractivity contribution in [2.45, 2.75) is 115 Å². The molecule has 3 rings (SSSR count). The number of aliphatic hydroxyl groups is 2. The molecule has 1 aromatic carbocycles. The molecule has 2 amide bonds. The Morgan fingerprint density at radius 3 is 2.25 bits per heavy atom. The van der Waals surface area contributed by atoms with Crippen molar-refractivity contribution < 1.29 is 38.5 Å². The minimum atomic E-state index is -2.14. The molecule has 1 saturated carbocycles. The summed E-state index contributed by atoms with van der Waals surface area (Å²) in [5.41, 5.74) is -0.0200. The molecule has 0 spiro atoms. The number of carbonyl (C=O) groups is 3. The van der Waals surface area contributed by atoms with Gasteiger partial charge in [-0.05, 0) is 57.3 Å². The first-order valence-electron chi connectivity index (χ1n) is 14.0. The number of hydrogen-bond donors (Lipinski definition) is 3. The number of alkyl carbamates (subject to hydrolysis) is 1. The van der Waals surface area contributed by atoms with E-state index in [0.29, 0.717) is 0 Å². The number of hydrogen-bond acceptors (Lipinski definition) is 8. The zero-order valence-electron chi connectivity index (χ0n) is 25.0. The van der Waals surface area contributed by atoms with Gasteiger partial charge in [0.1, 0.15) is 30.4 Å². The molecule has 0 aromatic heterocycles. The molecule has 2 aliphatic rings. The molecule has 10 nitrogen and oxygen atoms in total. The van der Waals surface area contributed by atoms with Gasteiger partial charge < -0.3 is 34.3 Å². The van der Waals surface area contributed by atoms with Crippen LogP contribution in [-0.4, -0.2) is 83.9 Å². The van der Waals surface area contributed by atoms with Crippen LogP contribution >= 0.6 is 0 Å². The number of fused-ring (bicyclic) bond motifs is 2. The SMILES string of the molecule is CC(C)(C)OC(=O)[C@@H]1[C@@H]2C[C@@H]([C@@H](O)[C@H]2O)N1C(=O)[C@H](CCO[Si](C)(C)C(C)(C)C)NC(=O)OCc1ccccc1. The smallest absolute Gasteiger partial charge is 0.408 e. The largest absolute Gasteiger partial charge is 0.458 e. The van der Waals surface area contributed by atoms with Gasteiger partial charge in [-0.3, -0.25) is 4.79 Å². The minimum absolute atomic E-state index is 0.0217. The van der Waals surface area contributed by atoms with Gasteiger partial charge in [0.05, 0.1) is 12.1 Å². The van der Waals surface area contributed by atoms with Crippen LogP contribution in [0, 0.1) is 5.92 Å². The van der Waals surface area contributed by atoms with Gasteiger partial charge in [0, 0.05) is 12.5 Å². The highest BCUT2D eigenvalue weighted by atomic mass is 28.4. The average Bonchev–Trinajstić information content (AvgIpc) is 3.37. The third-order valence-electron chi connectivity index (χ3n) is 8.14. The molecular formula is C29H46N2O8Si. The summed E-state index contributed by atoms with van der Waals surface area (Å²) >= 11 is 0. The van der Waals surface area contributed by atoms with Crippen LogP contribution in [0.5, 0.6) is 0 Å². The summed E-state index contributed by atoms with van der Waals surface area (Å²) in [5.74, 6) is -1.88. The lowest BCUT2D eigenvalue weighted by molar-refractivity contribution is -0.174. The molecule has 1 aliphatic carbocycles. The number of nitrogens with one attached hydrogen (secondary N) is 1. The number of piperidine rings is 1. The first-order chi connectivity index (χ1) is 18.4. The summed E-state index contributed by atoms with van der Waals surface area (Å²) in [5, 5.41) is 23.9. The Morgan fingerprint density at radius 1 is 1.05 bits per heavy atom. The number of amides is 2. The number of likely N-dealkylation sites (tertiary alicyclic amines) is 1. The normalized spacial score (nSPS) is 25.4. The van der Waals surface area contributed by atoms with Crippen molar-refractivity contribution in [2.24, 2.45) is 5.92 Å². The third-order valence-corrected chi connectivity index (χ3v) is 12.7. The first-order valence-corrected chi connectivity index (χ1v) is 16.9. The second kappa shape index (κ2) is 12.2. The van der Waals surface area contributed by atoms with E-state index in [1.54, 1.807) is 20.8 Å². The molecule has 2 bridgehead atoms. The fourth-order valence-electron chi connectivity index (χ4n) is 4.99. The Balaban J connectivity index is 1.82. The molecule has 6 atom stereocenters. The second-order valence-corrected chi connectivity index (χ2v) is 18.1. The molecule has 2 fully saturated rings. The lowest BCUT2D eigenvalue weighted by atomic mass is 9.93. The Morgan fingerprint density at radius 2 is 1.68 bits per heavy atom. The molecule has 1 saturated heterocycles. The van der Waals surface area contributed by atoms with E-state index in [4.69, 9.17) is 13.9 Å². The number of aliphatic hydroxyl groups excluding tert-OH is 2. The van der Waals surface area contributed by atoms with Crippen molar-refractivity contribution in [3.63, 3.8) is 0 Å². The number of carbonyl (C=O) groups excluding carboxylic acids is 3. The van der Waals surface area contributed by atoms with Crippen LogP contribution in [0.1, 0.15) is 59.9 Å². The van der Waals surface area contributed by atoms with E-state index in [0.717, 1.165) is 5.56 Å². The molecule has 224 valence electrons. The van der Waals surface area contributed by atoms with Crippen molar-refractivity contribution >= 4 is 26.3 Å². The Bertz CT molecular complexity index is 1050. The third kappa shape index (κ3) is 7.42. The number of esters is 1. The van der Waals surface area contributed by atoms with Crippen molar-refractivity contribution in [1.82, 2.24) is 10.2 Å². The lowest BCUT2D eigenvalue weighted by Gasteiger charge is -2.41. The van der Waals surface area contributed by atoms with Gasteiger partial charge in [0.25, 0.3) is 0 Å². The molecule has 0 radical (unpaired) electrons. The van der Waals surface area contributed by atoms with E-state index in [9.17, 15) is 24.6 Å². The van der Waals surface area contributed by atoms with E-state index in [2.05, 4.69) is 39.2 Å². The summed E-state index contributed by atoms with van der Waals surface area (Å²) in [6.45, 7) is 15.9. The maximum absolute atomic E-state index is 14.0. The van der Waals surface area contributed by atoms with Crippen LogP contribution in [0.4, 0.5) is 4.79 Å². The number of benzene rings is 1. The lowest BCUT2D eigenvalue weighted by Crippen LogP contribution is -2.63. The van der Waals surface area contributed by atoms with Gasteiger partial charge in [-0.15, -0.1) is 0 Å². The highest BCUT2D eigenvalue weighted by Crippen LogP contribution is 2.44. The Labute approximate surface area is 238 Å². The topological polar surface area (TPSA) is 135 Å². The van der Waals surface area contributed by atoms with Crippen molar-refractivity contribution in [1.29, 1.82) is 0 Å². The highest BCUT2D eigenvalue weighted by molar-refractivity contribution is 6.74. The Hall–Kier alpha value is -2.47. The minimum Gasteiger partial charge on any atom is -0.458 e. The quantitative estimate of drug-likeness (QED) is 0.300. The molecule has 40 heavy (non-hydrogen) atoms. The fraction of sp³-hybridized carbons (Fsp3) is 0.690. The Kier molecular flexibility index (Phi) is 9.76. The average molecular weight is 579 g/mol. The molecule has 1 aromatic rings. The summed E-state index contributed by atoms with van der Waals surface area (Å²) in [7, 11) is -2.14. The van der Waals surface area contributed by atoms with Gasteiger partial charge >= 0.3 is 12.1 Å². The molecule has 3 N–H and O–H groups in total. The van der Waals surface area contributed by atoms with E-state index in [1.807, 2.05) is 30.3 Å². The summed E-state index contributed by atoms with van der Waals surface area (Å²) in [6.07, 6.45) is -2.76. The van der Waals surface area contributed by atoms with Crippen molar-refractivity contribution in [2.75, 3.05) is 6.61 Å². The van der Waals surface area contributed by atoms with E-state index >= 15 is 0 Å². The first kappa shape index (κ1) is 32.0. The van der Waals surface area contributed by atoms with Crippen LogP contribution in [0.3, 0.4) is 0 Å². The van der Waals surface area contributed by atoms with Crippen LogP contribution in [0.2, 0.25) is 18.1 Å².